The van der Waals surface area contributed by atoms with Crippen molar-refractivity contribution in [1.82, 2.24) is 0 Å². The fourth-order valence-corrected chi connectivity index (χ4v) is 0.264. The van der Waals surface area contributed by atoms with Gasteiger partial charge in [0, 0.05) is 0 Å². The van der Waals surface area contributed by atoms with Crippen LogP contribution in [-0.4, -0.2) is 12.6 Å². The molecule has 56 valence electrons. The molecule has 0 aromatic carbocycles. The monoisotopic (exact) mass is 141 g/mol. The van der Waals surface area contributed by atoms with E-state index in [1.54, 1.807) is 13.0 Å². The number of carbonyl (C=O) groups is 1. The molecule has 0 atom stereocenters. The molecule has 0 aliphatic rings. The molecule has 0 aromatic rings. The zero-order valence-corrected chi connectivity index (χ0v) is 5.18. The highest BCUT2D eigenvalue weighted by Crippen LogP contribution is 1.90. The second-order valence-electron chi connectivity index (χ2n) is 1.31. The van der Waals surface area contributed by atoms with Crippen LogP contribution in [0, 0.1) is 11.3 Å². The summed E-state index contributed by atoms with van der Waals surface area (Å²) in [5.74, 6) is -0.639. The molecule has 0 amide bonds. The summed E-state index contributed by atoms with van der Waals surface area (Å²) in [6.45, 7) is 5.10. The van der Waals surface area contributed by atoms with E-state index in [4.69, 9.17) is 5.26 Å². The molecule has 0 rings (SSSR count). The Morgan fingerprint density at radius 3 is 2.60 bits per heavy atom. The molecule has 0 spiro atoms. The molecule has 0 fully saturated rings. The van der Waals surface area contributed by atoms with Gasteiger partial charge in [-0.2, -0.15) is 5.26 Å². The first-order valence-electron chi connectivity index (χ1n) is 2.48. The van der Waals surface area contributed by atoms with E-state index >= 15 is 0 Å². The first-order valence-corrected chi connectivity index (χ1v) is 2.48. The van der Waals surface area contributed by atoms with E-state index in [2.05, 4.69) is 11.3 Å². The van der Waals surface area contributed by atoms with Crippen LogP contribution >= 0.6 is 0 Å². The van der Waals surface area contributed by atoms with Crippen molar-refractivity contribution in [3.8, 4) is 6.07 Å². The summed E-state index contributed by atoms with van der Waals surface area (Å²) in [5.41, 5.74) is -0.156. The average Bonchev–Trinajstić information content (AvgIpc) is 1.87. The fourth-order valence-electron chi connectivity index (χ4n) is 0.264. The molecule has 0 aromatic heterocycles. The molecule has 0 aliphatic carbocycles. The van der Waals surface area contributed by atoms with Gasteiger partial charge in [-0.05, 0) is 6.92 Å². The van der Waals surface area contributed by atoms with Crippen LogP contribution in [0.25, 0.3) is 0 Å². The van der Waals surface area contributed by atoms with Crippen LogP contribution in [0.1, 0.15) is 14.4 Å². The minimum absolute atomic E-state index is 0. The van der Waals surface area contributed by atoms with Crippen molar-refractivity contribution in [3.63, 3.8) is 0 Å². The predicted molar refractivity (Wildman–Crippen MR) is 38.1 cm³/mol. The van der Waals surface area contributed by atoms with Crippen LogP contribution in [0.15, 0.2) is 12.2 Å². The molecule has 0 saturated heterocycles. The Labute approximate surface area is 60.9 Å². The van der Waals surface area contributed by atoms with Gasteiger partial charge >= 0.3 is 5.97 Å². The summed E-state index contributed by atoms with van der Waals surface area (Å²) in [6.07, 6.45) is 0. The maximum Gasteiger partial charge on any atom is 0.348 e. The Morgan fingerprint density at radius 2 is 2.30 bits per heavy atom. The number of hydrogen-bond donors (Lipinski definition) is 0. The van der Waals surface area contributed by atoms with Gasteiger partial charge in [0.05, 0.1) is 6.61 Å². The molecule has 10 heavy (non-hydrogen) atoms. The Bertz CT molecular complexity index is 167. The molecule has 3 nitrogen and oxygen atoms in total. The highest BCUT2D eigenvalue weighted by atomic mass is 16.5. The van der Waals surface area contributed by atoms with Gasteiger partial charge < -0.3 is 4.74 Å². The van der Waals surface area contributed by atoms with Crippen molar-refractivity contribution < 1.29 is 9.53 Å². The first-order chi connectivity index (χ1) is 4.22. The molecule has 0 heterocycles. The smallest absolute Gasteiger partial charge is 0.348 e. The van der Waals surface area contributed by atoms with E-state index in [0.29, 0.717) is 0 Å². The zero-order valence-electron chi connectivity index (χ0n) is 5.18. The Morgan fingerprint density at radius 1 is 1.80 bits per heavy atom. The lowest BCUT2D eigenvalue weighted by Crippen LogP contribution is -2.04. The van der Waals surface area contributed by atoms with Gasteiger partial charge in [-0.3, -0.25) is 0 Å². The van der Waals surface area contributed by atoms with Crippen LogP contribution in [0.2, 0.25) is 0 Å². The van der Waals surface area contributed by atoms with E-state index in [0.717, 1.165) is 0 Å². The van der Waals surface area contributed by atoms with Crippen LogP contribution in [-0.2, 0) is 9.53 Å². The van der Waals surface area contributed by atoms with E-state index in [9.17, 15) is 4.79 Å². The van der Waals surface area contributed by atoms with Gasteiger partial charge in [0.1, 0.15) is 11.6 Å². The summed E-state index contributed by atoms with van der Waals surface area (Å²) >= 11 is 0. The van der Waals surface area contributed by atoms with Crippen LogP contribution in [0.5, 0.6) is 0 Å². The number of nitrogens with zero attached hydrogens (tertiary/aromatic N) is 1. The number of hydrogen-bond acceptors (Lipinski definition) is 3. The van der Waals surface area contributed by atoms with Crippen LogP contribution in [0.4, 0.5) is 0 Å². The van der Waals surface area contributed by atoms with E-state index in [1.165, 1.54) is 0 Å². The van der Waals surface area contributed by atoms with E-state index < -0.39 is 5.97 Å². The van der Waals surface area contributed by atoms with Crippen molar-refractivity contribution >= 4 is 5.97 Å². The maximum atomic E-state index is 10.4. The minimum Gasteiger partial charge on any atom is -0.462 e. The van der Waals surface area contributed by atoms with Crippen LogP contribution in [0.3, 0.4) is 0 Å². The summed E-state index contributed by atoms with van der Waals surface area (Å²) in [5, 5.41) is 8.08. The number of rotatable bonds is 2. The molecule has 0 N–H and O–H groups in total. The standard InChI is InChI=1S/C6H7NO2.CH4/c1-3-9-6(8)5(2)4-7;/h2-3H2,1H3;1H4. The number of nitriles is 1. The lowest BCUT2D eigenvalue weighted by atomic mass is 10.3. The van der Waals surface area contributed by atoms with Gasteiger partial charge in [0.2, 0.25) is 0 Å². The van der Waals surface area contributed by atoms with E-state index in [1.807, 2.05) is 0 Å². The van der Waals surface area contributed by atoms with Crippen LogP contribution < -0.4 is 0 Å². The third-order valence-corrected chi connectivity index (χ3v) is 0.657. The third-order valence-electron chi connectivity index (χ3n) is 0.657. The molecular formula is C7H11NO2. The summed E-state index contributed by atoms with van der Waals surface area (Å²) in [7, 11) is 0. The quantitative estimate of drug-likeness (QED) is 0.330. The predicted octanol–water partition coefficient (Wildman–Crippen LogP) is 1.27. The number of esters is 1. The number of carbonyl (C=O) groups excluding carboxylic acids is 1. The lowest BCUT2D eigenvalue weighted by Gasteiger charge is -1.95. The summed E-state index contributed by atoms with van der Waals surface area (Å²) < 4.78 is 4.43. The summed E-state index contributed by atoms with van der Waals surface area (Å²) in [6, 6.07) is 1.58. The van der Waals surface area contributed by atoms with Gasteiger partial charge in [0.15, 0.2) is 0 Å². The largest absolute Gasteiger partial charge is 0.462 e. The number of ether oxygens (including phenoxy) is 1. The normalized spacial score (nSPS) is 6.80. The Hall–Kier alpha value is -1.30. The SMILES string of the molecule is C.C=C(C#N)C(=O)OCC. The Kier molecular flexibility index (Phi) is 6.70. The second kappa shape index (κ2) is 5.83. The lowest BCUT2D eigenvalue weighted by molar-refractivity contribution is -0.137. The molecule has 0 radical (unpaired) electrons. The van der Waals surface area contributed by atoms with Gasteiger partial charge in [-0.1, -0.05) is 14.0 Å². The average molecular weight is 141 g/mol. The topological polar surface area (TPSA) is 50.1 Å². The minimum atomic E-state index is -0.639. The van der Waals surface area contributed by atoms with Crippen molar-refractivity contribution in [2.45, 2.75) is 14.4 Å². The molecule has 0 saturated carbocycles. The van der Waals surface area contributed by atoms with E-state index in [-0.39, 0.29) is 19.6 Å². The Balaban J connectivity index is 0. The van der Waals surface area contributed by atoms with Crippen molar-refractivity contribution in [3.05, 3.63) is 12.2 Å². The zero-order chi connectivity index (χ0) is 7.28. The third kappa shape index (κ3) is 3.67. The molecule has 0 unspecified atom stereocenters. The van der Waals surface area contributed by atoms with Crippen molar-refractivity contribution in [1.29, 1.82) is 5.26 Å². The van der Waals surface area contributed by atoms with Crippen molar-refractivity contribution in [2.24, 2.45) is 0 Å². The van der Waals surface area contributed by atoms with Crippen molar-refractivity contribution in [2.75, 3.05) is 6.61 Å². The molecular weight excluding hydrogens is 130 g/mol. The summed E-state index contributed by atoms with van der Waals surface area (Å²) in [4.78, 5) is 10.4. The molecule has 3 heteroatoms. The second-order valence-corrected chi connectivity index (χ2v) is 1.31. The van der Waals surface area contributed by atoms with Gasteiger partial charge in [0.25, 0.3) is 0 Å². The van der Waals surface area contributed by atoms with Gasteiger partial charge in [-0.25, -0.2) is 4.79 Å². The maximum absolute atomic E-state index is 10.4. The molecule has 0 aliphatic heterocycles. The highest BCUT2D eigenvalue weighted by Gasteiger charge is 2.03. The fraction of sp³-hybridized carbons (Fsp3) is 0.429. The first kappa shape index (κ1) is 11.5. The highest BCUT2D eigenvalue weighted by molar-refractivity contribution is 5.91. The van der Waals surface area contributed by atoms with Gasteiger partial charge in [-0.15, -0.1) is 0 Å². The molecule has 0 bridgehead atoms.